The van der Waals surface area contributed by atoms with E-state index in [1.54, 1.807) is 31.4 Å². The van der Waals surface area contributed by atoms with E-state index in [1.165, 1.54) is 18.6 Å². The van der Waals surface area contributed by atoms with Gasteiger partial charge in [0.2, 0.25) is 0 Å². The SMILES string of the molecule is C=CCC(=C)C1(NS(=O)(=O)ON2C(=O)c3cccc4c(OCCOCCOC)ccc(c34)C2=O)CC1.CCC. The number of rotatable bonds is 14. The van der Waals surface area contributed by atoms with Gasteiger partial charge >= 0.3 is 10.3 Å². The van der Waals surface area contributed by atoms with E-state index in [0.717, 1.165) is 0 Å². The van der Waals surface area contributed by atoms with Gasteiger partial charge in [-0.25, -0.2) is 0 Å². The Morgan fingerprint density at radius 1 is 1.05 bits per heavy atom. The molecule has 10 nitrogen and oxygen atoms in total. The second-order valence-electron chi connectivity index (χ2n) is 9.21. The number of benzene rings is 2. The molecule has 1 fully saturated rings. The Hall–Kier alpha value is -3.09. The molecule has 0 atom stereocenters. The highest BCUT2D eigenvalue weighted by Gasteiger charge is 2.49. The van der Waals surface area contributed by atoms with E-state index in [0.29, 0.717) is 61.2 Å². The molecule has 212 valence electrons. The number of carbonyl (C=O) groups excluding carboxylic acids is 2. The molecule has 39 heavy (non-hydrogen) atoms. The first-order chi connectivity index (χ1) is 18.6. The smallest absolute Gasteiger partial charge is 0.358 e. The number of nitrogens with one attached hydrogen (secondary N) is 1. The Labute approximate surface area is 229 Å². The number of hydrogen-bond acceptors (Lipinski definition) is 8. The van der Waals surface area contributed by atoms with Crippen molar-refractivity contribution in [2.45, 2.75) is 45.1 Å². The van der Waals surface area contributed by atoms with Gasteiger partial charge in [0.25, 0.3) is 11.8 Å². The van der Waals surface area contributed by atoms with Crippen molar-refractivity contribution in [3.05, 3.63) is 66.3 Å². The van der Waals surface area contributed by atoms with E-state index in [1.807, 2.05) is 0 Å². The Bertz CT molecular complexity index is 1310. The zero-order chi connectivity index (χ0) is 28.6. The molecule has 1 heterocycles. The van der Waals surface area contributed by atoms with Gasteiger partial charge < -0.3 is 14.2 Å². The van der Waals surface area contributed by atoms with Crippen LogP contribution in [0.4, 0.5) is 0 Å². The van der Waals surface area contributed by atoms with Crippen LogP contribution in [0.15, 0.2) is 55.1 Å². The van der Waals surface area contributed by atoms with Crippen LogP contribution in [0.2, 0.25) is 0 Å². The number of amides is 2. The van der Waals surface area contributed by atoms with Gasteiger partial charge in [0.15, 0.2) is 0 Å². The summed E-state index contributed by atoms with van der Waals surface area (Å²) in [6.07, 6.45) is 4.36. The first kappa shape index (κ1) is 30.5. The summed E-state index contributed by atoms with van der Waals surface area (Å²) < 4.78 is 49.1. The molecular weight excluding hydrogens is 524 g/mol. The van der Waals surface area contributed by atoms with Gasteiger partial charge in [-0.05, 0) is 37.5 Å². The minimum absolute atomic E-state index is 0.122. The van der Waals surface area contributed by atoms with E-state index in [9.17, 15) is 18.0 Å². The van der Waals surface area contributed by atoms with Crippen LogP contribution in [0.1, 0.15) is 60.2 Å². The maximum atomic E-state index is 13.2. The van der Waals surface area contributed by atoms with Crippen molar-refractivity contribution in [1.82, 2.24) is 9.79 Å². The fraction of sp³-hybridized carbons (Fsp3) is 0.429. The average molecular weight is 561 g/mol. The van der Waals surface area contributed by atoms with Crippen molar-refractivity contribution >= 4 is 32.9 Å². The largest absolute Gasteiger partial charge is 0.491 e. The summed E-state index contributed by atoms with van der Waals surface area (Å²) >= 11 is 0. The molecule has 0 bridgehead atoms. The van der Waals surface area contributed by atoms with E-state index >= 15 is 0 Å². The number of ether oxygens (including phenoxy) is 3. The summed E-state index contributed by atoms with van der Waals surface area (Å²) in [7, 11) is -2.93. The molecular formula is C28H36N2O8S. The fourth-order valence-electron chi connectivity index (χ4n) is 4.07. The molecule has 2 aromatic rings. The first-order valence-corrected chi connectivity index (χ1v) is 14.2. The summed E-state index contributed by atoms with van der Waals surface area (Å²) in [6.45, 7) is 13.3. The highest BCUT2D eigenvalue weighted by Crippen LogP contribution is 2.44. The van der Waals surface area contributed by atoms with Gasteiger partial charge in [-0.1, -0.05) is 50.6 Å². The molecule has 1 saturated carbocycles. The van der Waals surface area contributed by atoms with Crippen molar-refractivity contribution in [2.75, 3.05) is 33.5 Å². The first-order valence-electron chi connectivity index (χ1n) is 12.8. The zero-order valence-corrected chi connectivity index (χ0v) is 23.5. The molecule has 0 spiro atoms. The lowest BCUT2D eigenvalue weighted by Gasteiger charge is -2.27. The van der Waals surface area contributed by atoms with Gasteiger partial charge in [-0.3, -0.25) is 9.59 Å². The van der Waals surface area contributed by atoms with Crippen molar-refractivity contribution in [3.63, 3.8) is 0 Å². The van der Waals surface area contributed by atoms with Crippen molar-refractivity contribution in [2.24, 2.45) is 0 Å². The lowest BCUT2D eigenvalue weighted by atomic mass is 9.94. The minimum Gasteiger partial charge on any atom is -0.491 e. The summed E-state index contributed by atoms with van der Waals surface area (Å²) in [6, 6.07) is 7.92. The van der Waals surface area contributed by atoms with Gasteiger partial charge in [0, 0.05) is 17.9 Å². The molecule has 0 unspecified atom stereocenters. The number of hydrogen-bond donors (Lipinski definition) is 1. The number of imide groups is 1. The molecule has 1 N–H and O–H groups in total. The molecule has 4 rings (SSSR count). The number of carbonyl (C=O) groups is 2. The molecule has 2 amide bonds. The van der Waals surface area contributed by atoms with Gasteiger partial charge in [0.05, 0.1) is 36.5 Å². The molecule has 11 heteroatoms. The third kappa shape index (κ3) is 7.11. The van der Waals surface area contributed by atoms with Crippen molar-refractivity contribution in [3.8, 4) is 5.75 Å². The van der Waals surface area contributed by atoms with E-state index < -0.39 is 27.7 Å². The molecule has 0 radical (unpaired) electrons. The third-order valence-electron chi connectivity index (χ3n) is 6.06. The lowest BCUT2D eigenvalue weighted by molar-refractivity contribution is -0.0167. The van der Waals surface area contributed by atoms with Crippen molar-refractivity contribution in [1.29, 1.82) is 0 Å². The average Bonchev–Trinajstić information content (AvgIpc) is 3.68. The minimum atomic E-state index is -4.52. The number of methoxy groups -OCH3 is 1. The highest BCUT2D eigenvalue weighted by atomic mass is 32.2. The predicted molar refractivity (Wildman–Crippen MR) is 148 cm³/mol. The van der Waals surface area contributed by atoms with Crippen LogP contribution in [0.3, 0.4) is 0 Å². The topological polar surface area (TPSA) is 120 Å². The summed E-state index contributed by atoms with van der Waals surface area (Å²) in [4.78, 5) is 26.3. The summed E-state index contributed by atoms with van der Waals surface area (Å²) in [5.74, 6) is -1.32. The second-order valence-corrected chi connectivity index (χ2v) is 10.5. The molecule has 1 aliphatic carbocycles. The monoisotopic (exact) mass is 560 g/mol. The lowest BCUT2D eigenvalue weighted by Crippen LogP contribution is -2.47. The van der Waals surface area contributed by atoms with Crippen LogP contribution in [0, 0.1) is 0 Å². The van der Waals surface area contributed by atoms with Gasteiger partial charge in [-0.2, -0.15) is 13.1 Å². The van der Waals surface area contributed by atoms with Crippen LogP contribution in [-0.2, 0) is 24.1 Å². The fourth-order valence-corrected chi connectivity index (χ4v) is 5.27. The molecule has 1 aliphatic heterocycles. The molecule has 2 aromatic carbocycles. The van der Waals surface area contributed by atoms with Crippen molar-refractivity contribution < 1.29 is 36.5 Å². The Morgan fingerprint density at radius 3 is 2.31 bits per heavy atom. The van der Waals surface area contributed by atoms with Gasteiger partial charge in [0.1, 0.15) is 12.4 Å². The molecule has 0 aromatic heterocycles. The zero-order valence-electron chi connectivity index (χ0n) is 22.7. The molecule has 2 aliphatic rings. The standard InChI is InChI=1S/C25H28N2O8S.C3H8/c1-4-6-17(2)25(11-12-25)26-36(30,31)35-27-23(28)19-8-5-7-18-21(34-16-15-33-14-13-32-3)10-9-20(22(18)19)24(27)29;1-3-2/h4-5,7-10,26H,1-2,6,11-16H2,3H3;3H2,1-2H3. The predicted octanol–water partition coefficient (Wildman–Crippen LogP) is 4.32. The number of allylic oxidation sites excluding steroid dienone is 1. The van der Waals surface area contributed by atoms with E-state index in [4.69, 9.17) is 18.5 Å². The van der Waals surface area contributed by atoms with Crippen LogP contribution in [-0.4, -0.2) is 64.4 Å². The van der Waals surface area contributed by atoms with Crippen LogP contribution < -0.4 is 9.46 Å². The summed E-state index contributed by atoms with van der Waals surface area (Å²) in [5, 5.41) is 1.19. The number of hydroxylamine groups is 2. The summed E-state index contributed by atoms with van der Waals surface area (Å²) in [5.41, 5.74) is 0.00658. The van der Waals surface area contributed by atoms with Crippen LogP contribution in [0.5, 0.6) is 5.75 Å². The Balaban J connectivity index is 0.00000134. The van der Waals surface area contributed by atoms with E-state index in [2.05, 4.69) is 31.7 Å². The normalized spacial score (nSPS) is 15.5. The highest BCUT2D eigenvalue weighted by molar-refractivity contribution is 7.84. The van der Waals surface area contributed by atoms with Gasteiger partial charge in [-0.15, -0.1) is 15.9 Å². The number of nitrogens with zero attached hydrogens (tertiary/aromatic N) is 1. The Kier molecular flexibility index (Phi) is 10.4. The van der Waals surface area contributed by atoms with Crippen LogP contribution in [0.25, 0.3) is 10.8 Å². The van der Waals surface area contributed by atoms with E-state index in [-0.39, 0.29) is 22.8 Å². The maximum absolute atomic E-state index is 13.2. The quantitative estimate of drug-likeness (QED) is 0.206. The Morgan fingerprint density at radius 2 is 1.69 bits per heavy atom. The third-order valence-corrected chi connectivity index (χ3v) is 7.04. The maximum Gasteiger partial charge on any atom is 0.358 e. The van der Waals surface area contributed by atoms with Crippen LogP contribution >= 0.6 is 0 Å². The second kappa shape index (κ2) is 13.3. The molecule has 0 saturated heterocycles.